The molecule has 2 aromatic heterocycles. The number of rotatable bonds is 4. The van der Waals surface area contributed by atoms with Crippen molar-refractivity contribution < 1.29 is 9.32 Å². The summed E-state index contributed by atoms with van der Waals surface area (Å²) < 4.78 is 5.07. The number of hydrogen-bond donors (Lipinski definition) is 2. The molecule has 0 aliphatic carbocycles. The number of carbonyl (C=O) groups excluding carboxylic acids is 1. The molecule has 2 amide bonds. The first-order valence-electron chi connectivity index (χ1n) is 8.73. The molecule has 0 bridgehead atoms. The highest BCUT2D eigenvalue weighted by Crippen LogP contribution is 2.27. The van der Waals surface area contributed by atoms with E-state index in [4.69, 9.17) is 4.52 Å². The summed E-state index contributed by atoms with van der Waals surface area (Å²) in [4.78, 5) is 19.0. The molecule has 2 N–H and O–H groups in total. The van der Waals surface area contributed by atoms with Crippen molar-refractivity contribution in [2.75, 3.05) is 16.8 Å². The minimum atomic E-state index is -0.297. The first kappa shape index (κ1) is 17.3. The summed E-state index contributed by atoms with van der Waals surface area (Å²) in [7, 11) is 0. The number of carbonyl (C=O) groups is 1. The van der Waals surface area contributed by atoms with Crippen molar-refractivity contribution in [3.63, 3.8) is 0 Å². The van der Waals surface area contributed by atoms with Gasteiger partial charge in [0.2, 0.25) is 0 Å². The van der Waals surface area contributed by atoms with Gasteiger partial charge in [-0.1, -0.05) is 5.16 Å². The second-order valence-corrected chi connectivity index (χ2v) is 6.64. The Morgan fingerprint density at radius 3 is 2.88 bits per heavy atom. The van der Waals surface area contributed by atoms with Gasteiger partial charge in [-0.25, -0.2) is 9.78 Å². The highest BCUT2D eigenvalue weighted by molar-refractivity contribution is 5.89. The van der Waals surface area contributed by atoms with Crippen molar-refractivity contribution >= 4 is 17.5 Å². The van der Waals surface area contributed by atoms with Gasteiger partial charge in [-0.2, -0.15) is 0 Å². The lowest BCUT2D eigenvalue weighted by atomic mass is 10.0. The van der Waals surface area contributed by atoms with Gasteiger partial charge in [-0.05, 0) is 51.7 Å². The minimum absolute atomic E-state index is 0.294. The fourth-order valence-electron chi connectivity index (χ4n) is 3.19. The smallest absolute Gasteiger partial charge is 0.319 e. The van der Waals surface area contributed by atoms with Crippen LogP contribution in [0.25, 0.3) is 0 Å². The summed E-state index contributed by atoms with van der Waals surface area (Å²) in [5.41, 5.74) is 2.54. The van der Waals surface area contributed by atoms with Gasteiger partial charge in [0, 0.05) is 18.7 Å². The van der Waals surface area contributed by atoms with Crippen LogP contribution in [0.5, 0.6) is 0 Å². The maximum absolute atomic E-state index is 12.0. The first-order valence-corrected chi connectivity index (χ1v) is 8.73. The number of hydrogen-bond acceptors (Lipinski definition) is 5. The molecule has 0 spiro atoms. The van der Waals surface area contributed by atoms with Crippen LogP contribution in [0.3, 0.4) is 0 Å². The molecule has 2 aromatic rings. The third-order valence-corrected chi connectivity index (χ3v) is 4.48. The molecule has 25 heavy (non-hydrogen) atoms. The van der Waals surface area contributed by atoms with Crippen LogP contribution >= 0.6 is 0 Å². The minimum Gasteiger partial charge on any atom is -0.359 e. The molecule has 0 saturated carbocycles. The first-order chi connectivity index (χ1) is 12.0. The van der Waals surface area contributed by atoms with Crippen molar-refractivity contribution in [3.8, 4) is 0 Å². The molecule has 3 heterocycles. The average molecular weight is 343 g/mol. The van der Waals surface area contributed by atoms with Gasteiger partial charge in [0.1, 0.15) is 5.82 Å². The van der Waals surface area contributed by atoms with Crippen LogP contribution in [-0.4, -0.2) is 28.8 Å². The van der Waals surface area contributed by atoms with Crippen molar-refractivity contribution in [1.29, 1.82) is 0 Å². The van der Waals surface area contributed by atoms with Crippen LogP contribution in [0.4, 0.5) is 16.3 Å². The van der Waals surface area contributed by atoms with E-state index >= 15 is 0 Å². The lowest BCUT2D eigenvalue weighted by Crippen LogP contribution is -2.38. The van der Waals surface area contributed by atoms with E-state index in [1.165, 1.54) is 19.3 Å². The summed E-state index contributed by atoms with van der Waals surface area (Å²) in [6.45, 7) is 7.45. The summed E-state index contributed by atoms with van der Waals surface area (Å²) >= 11 is 0. The number of nitrogens with one attached hydrogen (secondary N) is 2. The molecule has 1 atom stereocenters. The summed E-state index contributed by atoms with van der Waals surface area (Å²) in [5, 5.41) is 9.34. The molecule has 0 radical (unpaired) electrons. The van der Waals surface area contributed by atoms with Crippen LogP contribution in [0.15, 0.2) is 22.9 Å². The van der Waals surface area contributed by atoms with E-state index in [9.17, 15) is 4.79 Å². The third kappa shape index (κ3) is 4.29. The molecule has 1 aliphatic heterocycles. The normalized spacial score (nSPS) is 17.4. The summed E-state index contributed by atoms with van der Waals surface area (Å²) in [6, 6.07) is 3.96. The highest BCUT2D eigenvalue weighted by Gasteiger charge is 2.21. The fraction of sp³-hybridized carbons (Fsp3) is 0.500. The maximum atomic E-state index is 12.0. The Morgan fingerprint density at radius 1 is 1.36 bits per heavy atom. The maximum Gasteiger partial charge on any atom is 0.319 e. The number of nitrogens with zero attached hydrogens (tertiary/aromatic N) is 3. The molecular formula is C18H25N5O2. The molecule has 134 valence electrons. The number of piperidine rings is 1. The Labute approximate surface area is 147 Å². The van der Waals surface area contributed by atoms with Crippen molar-refractivity contribution in [3.05, 3.63) is 35.3 Å². The number of aryl methyl sites for hydroxylation is 2. The van der Waals surface area contributed by atoms with Crippen molar-refractivity contribution in [1.82, 2.24) is 15.5 Å². The van der Waals surface area contributed by atoms with Gasteiger partial charge in [-0.3, -0.25) is 0 Å². The van der Waals surface area contributed by atoms with Crippen LogP contribution in [0, 0.1) is 13.8 Å². The van der Waals surface area contributed by atoms with E-state index in [2.05, 4.69) is 32.6 Å². The largest absolute Gasteiger partial charge is 0.359 e. The van der Waals surface area contributed by atoms with E-state index < -0.39 is 0 Å². The lowest BCUT2D eigenvalue weighted by molar-refractivity contribution is 0.250. The number of anilines is 2. The van der Waals surface area contributed by atoms with Crippen LogP contribution in [0.2, 0.25) is 0 Å². The zero-order chi connectivity index (χ0) is 17.8. The van der Waals surface area contributed by atoms with Gasteiger partial charge in [-0.15, -0.1) is 0 Å². The zero-order valence-corrected chi connectivity index (χ0v) is 15.0. The Morgan fingerprint density at radius 2 is 2.20 bits per heavy atom. The van der Waals surface area contributed by atoms with Crippen molar-refractivity contribution in [2.24, 2.45) is 0 Å². The van der Waals surface area contributed by atoms with E-state index in [1.807, 2.05) is 19.9 Å². The molecule has 1 unspecified atom stereocenters. The molecule has 0 aromatic carbocycles. The Balaban J connectivity index is 1.59. The van der Waals surface area contributed by atoms with Gasteiger partial charge >= 0.3 is 6.03 Å². The number of aromatic nitrogens is 2. The van der Waals surface area contributed by atoms with Crippen LogP contribution in [0.1, 0.15) is 43.2 Å². The monoisotopic (exact) mass is 343 g/mol. The highest BCUT2D eigenvalue weighted by atomic mass is 16.5. The zero-order valence-electron chi connectivity index (χ0n) is 15.0. The Bertz CT molecular complexity index is 743. The average Bonchev–Trinajstić information content (AvgIpc) is 3.00. The second kappa shape index (κ2) is 7.55. The molecule has 1 fully saturated rings. The number of urea groups is 1. The lowest BCUT2D eigenvalue weighted by Gasteiger charge is -2.35. The fourth-order valence-corrected chi connectivity index (χ4v) is 3.19. The Hall–Kier alpha value is -2.57. The predicted octanol–water partition coefficient (Wildman–Crippen LogP) is 3.39. The number of pyridine rings is 1. The molecule has 1 saturated heterocycles. The van der Waals surface area contributed by atoms with E-state index in [0.29, 0.717) is 24.0 Å². The van der Waals surface area contributed by atoms with Crippen LogP contribution < -0.4 is 15.5 Å². The number of amides is 2. The topological polar surface area (TPSA) is 83.3 Å². The van der Waals surface area contributed by atoms with E-state index in [-0.39, 0.29) is 6.03 Å². The quantitative estimate of drug-likeness (QED) is 0.889. The van der Waals surface area contributed by atoms with Gasteiger partial charge in [0.25, 0.3) is 0 Å². The molecular weight excluding hydrogens is 318 g/mol. The summed E-state index contributed by atoms with van der Waals surface area (Å²) in [5.74, 6) is 1.63. The molecule has 3 rings (SSSR count). The summed E-state index contributed by atoms with van der Waals surface area (Å²) in [6.07, 6.45) is 5.39. The van der Waals surface area contributed by atoms with E-state index in [1.54, 1.807) is 12.3 Å². The van der Waals surface area contributed by atoms with Gasteiger partial charge in [0.05, 0.1) is 24.1 Å². The van der Waals surface area contributed by atoms with Gasteiger partial charge in [0.15, 0.2) is 5.76 Å². The van der Waals surface area contributed by atoms with Crippen LogP contribution in [-0.2, 0) is 6.54 Å². The Kier molecular flexibility index (Phi) is 5.21. The SMILES string of the molecule is Cc1cc(CNC(=O)Nc2cnc(N3CCCCC3C)c(C)c2)on1. The van der Waals surface area contributed by atoms with E-state index in [0.717, 1.165) is 23.6 Å². The predicted molar refractivity (Wildman–Crippen MR) is 96.7 cm³/mol. The molecule has 1 aliphatic rings. The van der Waals surface area contributed by atoms with Gasteiger partial charge < -0.3 is 20.1 Å². The van der Waals surface area contributed by atoms with Crippen molar-refractivity contribution in [2.45, 2.75) is 52.6 Å². The molecule has 7 heteroatoms. The standard InChI is InChI=1S/C18H25N5O2/c1-12-8-15(10-19-17(12)23-7-5-4-6-14(23)3)21-18(24)20-11-16-9-13(2)22-25-16/h8-10,14H,4-7,11H2,1-3H3,(H2,20,21,24). The molecule has 7 nitrogen and oxygen atoms in total. The third-order valence-electron chi connectivity index (χ3n) is 4.48. The second-order valence-electron chi connectivity index (χ2n) is 6.64.